The lowest BCUT2D eigenvalue weighted by Gasteiger charge is -2.34. The molecule has 0 unspecified atom stereocenters. The Balaban J connectivity index is 1.71. The summed E-state index contributed by atoms with van der Waals surface area (Å²) in [4.78, 5) is 4.94. The van der Waals surface area contributed by atoms with Crippen molar-refractivity contribution in [1.82, 2.24) is 9.38 Å². The second kappa shape index (κ2) is 10.8. The first-order valence-electron chi connectivity index (χ1n) is 12.9. The van der Waals surface area contributed by atoms with Crippen molar-refractivity contribution in [3.8, 4) is 22.8 Å². The third kappa shape index (κ3) is 7.20. The van der Waals surface area contributed by atoms with E-state index in [9.17, 15) is 8.42 Å². The molecule has 206 valence electrons. The Labute approximate surface area is 231 Å². The minimum absolute atomic E-state index is 0.0983. The Morgan fingerprint density at radius 2 is 1.69 bits per heavy atom. The van der Waals surface area contributed by atoms with Crippen molar-refractivity contribution >= 4 is 27.7 Å². The van der Waals surface area contributed by atoms with Crippen LogP contribution in [-0.4, -0.2) is 30.5 Å². The lowest BCUT2D eigenvalue weighted by molar-refractivity contribution is 0.302. The normalized spacial score (nSPS) is 12.7. The third-order valence-corrected chi connectivity index (χ3v) is 6.96. The molecule has 0 aliphatic carbocycles. The summed E-state index contributed by atoms with van der Waals surface area (Å²) in [6, 6.07) is 18.4. The molecular formula is C31H37N3O4S. The number of anilines is 1. The summed E-state index contributed by atoms with van der Waals surface area (Å²) in [5, 5.41) is 4.77. The number of aromatic nitrogens is 2. The van der Waals surface area contributed by atoms with Gasteiger partial charge in [-0.3, -0.25) is 4.40 Å². The number of ether oxygens (including phenoxy) is 1. The largest absolute Gasteiger partial charge is 0.493 e. The Hall–Kier alpha value is -3.78. The van der Waals surface area contributed by atoms with Gasteiger partial charge < -0.3 is 14.2 Å². The van der Waals surface area contributed by atoms with Gasteiger partial charge in [-0.15, -0.1) is 0 Å². The van der Waals surface area contributed by atoms with Gasteiger partial charge in [-0.05, 0) is 80.1 Å². The predicted octanol–water partition coefficient (Wildman–Crippen LogP) is 7.32. The maximum absolute atomic E-state index is 12.7. The number of pyridine rings is 1. The first-order valence-corrected chi connectivity index (χ1v) is 14.4. The zero-order chi connectivity index (χ0) is 28.4. The van der Waals surface area contributed by atoms with Gasteiger partial charge in [0, 0.05) is 17.3 Å². The number of methoxy groups -OCH3 is 1. The first kappa shape index (κ1) is 28.2. The van der Waals surface area contributed by atoms with Gasteiger partial charge in [0.15, 0.2) is 11.5 Å². The summed E-state index contributed by atoms with van der Waals surface area (Å²) in [5.41, 5.74) is 4.08. The Morgan fingerprint density at radius 3 is 2.36 bits per heavy atom. The predicted molar refractivity (Wildman–Crippen MR) is 159 cm³/mol. The number of imidazole rings is 1. The average molecular weight is 548 g/mol. The van der Waals surface area contributed by atoms with Gasteiger partial charge >= 0.3 is 10.1 Å². The van der Waals surface area contributed by atoms with Gasteiger partial charge in [0.25, 0.3) is 0 Å². The van der Waals surface area contributed by atoms with Gasteiger partial charge in [-0.25, -0.2) is 4.98 Å². The number of benzene rings is 2. The number of nitrogens with one attached hydrogen (secondary N) is 1. The smallest absolute Gasteiger partial charge is 0.332 e. The summed E-state index contributed by atoms with van der Waals surface area (Å²) in [7, 11) is -2.53. The van der Waals surface area contributed by atoms with Crippen molar-refractivity contribution < 1.29 is 17.3 Å². The monoisotopic (exact) mass is 547 g/mol. The minimum Gasteiger partial charge on any atom is -0.493 e. The molecule has 0 radical (unpaired) electrons. The molecule has 7 nitrogen and oxygen atoms in total. The number of fused-ring (bicyclic) bond motifs is 1. The fraction of sp³-hybridized carbons (Fsp3) is 0.323. The molecule has 39 heavy (non-hydrogen) atoms. The molecule has 2 aromatic heterocycles. The van der Waals surface area contributed by atoms with Crippen molar-refractivity contribution in [3.63, 3.8) is 0 Å². The molecule has 2 heterocycles. The molecule has 1 N–H and O–H groups in total. The van der Waals surface area contributed by atoms with Crippen LogP contribution < -0.4 is 14.2 Å². The molecule has 4 rings (SSSR count). The first-order chi connectivity index (χ1) is 18.3. The van der Waals surface area contributed by atoms with E-state index in [0.717, 1.165) is 45.7 Å². The lowest BCUT2D eigenvalue weighted by atomic mass is 9.82. The summed E-state index contributed by atoms with van der Waals surface area (Å²) in [6.07, 6.45) is 4.44. The van der Waals surface area contributed by atoms with Gasteiger partial charge in [-0.2, -0.15) is 8.42 Å². The van der Waals surface area contributed by atoms with Crippen LogP contribution in [0.4, 0.5) is 5.82 Å². The molecular weight excluding hydrogens is 510 g/mol. The molecule has 0 saturated heterocycles. The van der Waals surface area contributed by atoms with Crippen LogP contribution in [0.5, 0.6) is 11.5 Å². The summed E-state index contributed by atoms with van der Waals surface area (Å²) in [6.45, 7) is 13.1. The third-order valence-electron chi connectivity index (χ3n) is 6.08. The van der Waals surface area contributed by atoms with Crippen molar-refractivity contribution in [1.29, 1.82) is 0 Å². The van der Waals surface area contributed by atoms with Crippen LogP contribution in [0.1, 0.15) is 52.2 Å². The molecule has 0 bridgehead atoms. The van der Waals surface area contributed by atoms with Crippen molar-refractivity contribution in [2.24, 2.45) is 5.41 Å². The van der Waals surface area contributed by atoms with Crippen LogP contribution in [0.25, 0.3) is 23.0 Å². The van der Waals surface area contributed by atoms with E-state index in [4.69, 9.17) is 13.9 Å². The second-order valence-electron chi connectivity index (χ2n) is 11.6. The number of nitrogens with zero attached hydrogens (tertiary/aromatic N) is 2. The molecule has 0 fully saturated rings. The van der Waals surface area contributed by atoms with Crippen molar-refractivity contribution in [3.05, 3.63) is 83.4 Å². The van der Waals surface area contributed by atoms with Gasteiger partial charge in [0.1, 0.15) is 17.2 Å². The van der Waals surface area contributed by atoms with Crippen LogP contribution in [0.15, 0.2) is 72.3 Å². The van der Waals surface area contributed by atoms with Crippen LogP contribution in [-0.2, 0) is 10.1 Å². The highest BCUT2D eigenvalue weighted by Gasteiger charge is 2.28. The van der Waals surface area contributed by atoms with E-state index in [-0.39, 0.29) is 22.5 Å². The van der Waals surface area contributed by atoms with E-state index in [1.165, 1.54) is 13.2 Å². The van der Waals surface area contributed by atoms with Gasteiger partial charge in [-0.1, -0.05) is 51.1 Å². The van der Waals surface area contributed by atoms with E-state index >= 15 is 0 Å². The highest BCUT2D eigenvalue weighted by atomic mass is 32.2. The Morgan fingerprint density at radius 1 is 0.974 bits per heavy atom. The van der Waals surface area contributed by atoms with E-state index < -0.39 is 10.1 Å². The molecule has 4 aromatic rings. The SMILES string of the molecule is COc1cc(-c2nc3cc(C)ccn3c2NC(C)(C)CC(C)(C)C)ccc1OS(=O)(=O)/C=C/c1ccccc1. The molecule has 0 aliphatic heterocycles. The zero-order valence-electron chi connectivity index (χ0n) is 23.6. The Bertz CT molecular complexity index is 1600. The molecule has 0 spiro atoms. The van der Waals surface area contributed by atoms with Crippen LogP contribution in [0.2, 0.25) is 0 Å². The standard InChI is InChI=1S/C31H37N3O4S/c1-22-15-17-34-27(19-22)32-28(29(34)33-31(5,6)21-30(2,3)4)24-13-14-25(26(20-24)37-7)38-39(35,36)18-16-23-11-9-8-10-12-23/h8-20,33H,21H2,1-7H3/b18-16+. The number of rotatable bonds is 9. The second-order valence-corrected chi connectivity index (χ2v) is 13.1. The molecule has 0 amide bonds. The van der Waals surface area contributed by atoms with Gasteiger partial charge in [0.05, 0.1) is 12.5 Å². The molecule has 8 heteroatoms. The molecule has 0 aliphatic rings. The van der Waals surface area contributed by atoms with Crippen LogP contribution >= 0.6 is 0 Å². The highest BCUT2D eigenvalue weighted by Crippen LogP contribution is 2.38. The lowest BCUT2D eigenvalue weighted by Crippen LogP contribution is -2.36. The maximum Gasteiger partial charge on any atom is 0.332 e. The Kier molecular flexibility index (Phi) is 7.80. The fourth-order valence-corrected chi connectivity index (χ4v) is 5.69. The number of hydrogen-bond donors (Lipinski definition) is 1. The number of hydrogen-bond acceptors (Lipinski definition) is 6. The zero-order valence-corrected chi connectivity index (χ0v) is 24.5. The van der Waals surface area contributed by atoms with E-state index in [1.807, 2.05) is 60.0 Å². The molecule has 0 saturated carbocycles. The van der Waals surface area contributed by atoms with Crippen LogP contribution in [0.3, 0.4) is 0 Å². The van der Waals surface area contributed by atoms with Gasteiger partial charge in [0.2, 0.25) is 0 Å². The molecule has 0 atom stereocenters. The summed E-state index contributed by atoms with van der Waals surface area (Å²) >= 11 is 0. The summed E-state index contributed by atoms with van der Waals surface area (Å²) in [5.74, 6) is 1.24. The van der Waals surface area contributed by atoms with E-state index in [0.29, 0.717) is 0 Å². The topological polar surface area (TPSA) is 81.9 Å². The average Bonchev–Trinajstić information content (AvgIpc) is 3.18. The van der Waals surface area contributed by atoms with Crippen molar-refractivity contribution in [2.75, 3.05) is 12.4 Å². The van der Waals surface area contributed by atoms with Crippen molar-refractivity contribution in [2.45, 2.75) is 53.5 Å². The minimum atomic E-state index is -4.01. The van der Waals surface area contributed by atoms with E-state index in [2.05, 4.69) is 39.9 Å². The number of aryl methyl sites for hydroxylation is 1. The van der Waals surface area contributed by atoms with Crippen LogP contribution in [0, 0.1) is 12.3 Å². The van der Waals surface area contributed by atoms with E-state index in [1.54, 1.807) is 18.2 Å². The highest BCUT2D eigenvalue weighted by molar-refractivity contribution is 7.90. The fourth-order valence-electron chi connectivity index (χ4n) is 4.92. The maximum atomic E-state index is 12.7. The molecule has 2 aromatic carbocycles. The quantitative estimate of drug-likeness (QED) is 0.221. The summed E-state index contributed by atoms with van der Waals surface area (Å²) < 4.78 is 38.3.